The van der Waals surface area contributed by atoms with Crippen LogP contribution in [-0.4, -0.2) is 11.7 Å². The Morgan fingerprint density at radius 2 is 2.43 bits per heavy atom. The standard InChI is InChI=1S/C6H11O/c1-3-4-6(2)5-7/h4,7H,1,3,5H2,2H3/b6-4+. The fourth-order valence-electron chi connectivity index (χ4n) is 0.311. The van der Waals surface area contributed by atoms with Crippen LogP contribution < -0.4 is 0 Å². The van der Waals surface area contributed by atoms with Crippen molar-refractivity contribution in [1.29, 1.82) is 0 Å². The van der Waals surface area contributed by atoms with Gasteiger partial charge in [0, 0.05) is 0 Å². The fourth-order valence-corrected chi connectivity index (χ4v) is 0.311. The molecule has 0 amide bonds. The lowest BCUT2D eigenvalue weighted by Crippen LogP contribution is -1.81. The highest BCUT2D eigenvalue weighted by Gasteiger charge is 1.78. The maximum Gasteiger partial charge on any atom is 0.0639 e. The van der Waals surface area contributed by atoms with Crippen LogP contribution in [0.3, 0.4) is 0 Å². The Labute approximate surface area is 44.7 Å². The van der Waals surface area contributed by atoms with Crippen LogP contribution in [0.25, 0.3) is 0 Å². The zero-order chi connectivity index (χ0) is 5.70. The Bertz CT molecular complexity index is 64.6. The first-order valence-electron chi connectivity index (χ1n) is 2.37. The van der Waals surface area contributed by atoms with Gasteiger partial charge in [0.05, 0.1) is 6.61 Å². The molecule has 0 aliphatic rings. The summed E-state index contributed by atoms with van der Waals surface area (Å²) in [5.74, 6) is 0. The van der Waals surface area contributed by atoms with Crippen molar-refractivity contribution >= 4 is 0 Å². The molecule has 0 saturated heterocycles. The molecule has 0 aromatic carbocycles. The molecule has 1 radical (unpaired) electrons. The summed E-state index contributed by atoms with van der Waals surface area (Å²) in [7, 11) is 0. The summed E-state index contributed by atoms with van der Waals surface area (Å²) >= 11 is 0. The second kappa shape index (κ2) is 3.88. The van der Waals surface area contributed by atoms with E-state index in [-0.39, 0.29) is 6.61 Å². The zero-order valence-corrected chi connectivity index (χ0v) is 4.65. The van der Waals surface area contributed by atoms with Gasteiger partial charge in [-0.15, -0.1) is 0 Å². The predicted molar refractivity (Wildman–Crippen MR) is 30.8 cm³/mol. The molecule has 0 atom stereocenters. The lowest BCUT2D eigenvalue weighted by molar-refractivity contribution is 0.331. The van der Waals surface area contributed by atoms with E-state index in [0.29, 0.717) is 0 Å². The van der Waals surface area contributed by atoms with Crippen molar-refractivity contribution in [3.05, 3.63) is 18.6 Å². The van der Waals surface area contributed by atoms with Crippen LogP contribution in [0.4, 0.5) is 0 Å². The number of hydrogen-bond donors (Lipinski definition) is 1. The molecule has 0 bridgehead atoms. The van der Waals surface area contributed by atoms with Crippen LogP contribution >= 0.6 is 0 Å². The molecule has 0 saturated carbocycles. The van der Waals surface area contributed by atoms with Crippen molar-refractivity contribution in [2.75, 3.05) is 6.61 Å². The quantitative estimate of drug-likeness (QED) is 0.515. The zero-order valence-electron chi connectivity index (χ0n) is 4.65. The molecule has 0 fully saturated rings. The summed E-state index contributed by atoms with van der Waals surface area (Å²) in [6.07, 6.45) is 2.67. The summed E-state index contributed by atoms with van der Waals surface area (Å²) in [6, 6.07) is 0. The Morgan fingerprint density at radius 3 is 2.57 bits per heavy atom. The lowest BCUT2D eigenvalue weighted by Gasteiger charge is -1.88. The number of hydrogen-bond acceptors (Lipinski definition) is 1. The molecule has 0 heterocycles. The van der Waals surface area contributed by atoms with E-state index in [1.165, 1.54) is 0 Å². The first kappa shape index (κ1) is 6.70. The maximum absolute atomic E-state index is 8.37. The van der Waals surface area contributed by atoms with Crippen LogP contribution in [0.5, 0.6) is 0 Å². The van der Waals surface area contributed by atoms with Crippen molar-refractivity contribution in [2.24, 2.45) is 0 Å². The molecule has 7 heavy (non-hydrogen) atoms. The van der Waals surface area contributed by atoms with E-state index < -0.39 is 0 Å². The van der Waals surface area contributed by atoms with E-state index in [2.05, 4.69) is 6.92 Å². The van der Waals surface area contributed by atoms with Crippen molar-refractivity contribution in [3.8, 4) is 0 Å². The van der Waals surface area contributed by atoms with Crippen LogP contribution in [0, 0.1) is 6.92 Å². The van der Waals surface area contributed by atoms with Gasteiger partial charge in [-0.25, -0.2) is 0 Å². The SMILES string of the molecule is [CH2]C/C=C(\C)CO. The first-order chi connectivity index (χ1) is 3.31. The van der Waals surface area contributed by atoms with Gasteiger partial charge in [-0.1, -0.05) is 11.6 Å². The second-order valence-corrected chi connectivity index (χ2v) is 1.50. The predicted octanol–water partition coefficient (Wildman–Crippen LogP) is 1.15. The van der Waals surface area contributed by atoms with E-state index in [0.717, 1.165) is 12.0 Å². The molecular formula is C6H11O. The van der Waals surface area contributed by atoms with Crippen LogP contribution in [0.1, 0.15) is 13.3 Å². The van der Waals surface area contributed by atoms with Crippen LogP contribution in [0.2, 0.25) is 0 Å². The van der Waals surface area contributed by atoms with Gasteiger partial charge in [0.15, 0.2) is 0 Å². The minimum atomic E-state index is 0.162. The van der Waals surface area contributed by atoms with Gasteiger partial charge >= 0.3 is 0 Å². The highest BCUT2D eigenvalue weighted by Crippen LogP contribution is 1.90. The van der Waals surface area contributed by atoms with Crippen molar-refractivity contribution in [3.63, 3.8) is 0 Å². The van der Waals surface area contributed by atoms with E-state index in [1.54, 1.807) is 0 Å². The minimum Gasteiger partial charge on any atom is -0.392 e. The lowest BCUT2D eigenvalue weighted by atomic mass is 10.3. The third-order valence-corrected chi connectivity index (χ3v) is 0.742. The van der Waals surface area contributed by atoms with E-state index >= 15 is 0 Å². The number of rotatable bonds is 2. The van der Waals surface area contributed by atoms with Gasteiger partial charge in [-0.3, -0.25) is 0 Å². The molecule has 0 spiro atoms. The third kappa shape index (κ3) is 3.53. The molecule has 0 aliphatic heterocycles. The largest absolute Gasteiger partial charge is 0.392 e. The van der Waals surface area contributed by atoms with Crippen molar-refractivity contribution in [2.45, 2.75) is 13.3 Å². The molecule has 0 aliphatic carbocycles. The molecule has 1 N–H and O–H groups in total. The van der Waals surface area contributed by atoms with Gasteiger partial charge in [0.1, 0.15) is 0 Å². The normalized spacial score (nSPS) is 12.1. The van der Waals surface area contributed by atoms with E-state index in [4.69, 9.17) is 5.11 Å². The van der Waals surface area contributed by atoms with Gasteiger partial charge in [-0.2, -0.15) is 0 Å². The Balaban J connectivity index is 3.29. The highest BCUT2D eigenvalue weighted by molar-refractivity contribution is 4.97. The van der Waals surface area contributed by atoms with E-state index in [9.17, 15) is 0 Å². The third-order valence-electron chi connectivity index (χ3n) is 0.742. The molecule has 1 nitrogen and oxygen atoms in total. The molecule has 0 aromatic rings. The Hall–Kier alpha value is -0.300. The summed E-state index contributed by atoms with van der Waals surface area (Å²) in [4.78, 5) is 0. The van der Waals surface area contributed by atoms with E-state index in [1.807, 2.05) is 13.0 Å². The fraction of sp³-hybridized carbons (Fsp3) is 0.500. The first-order valence-corrected chi connectivity index (χ1v) is 2.37. The maximum atomic E-state index is 8.37. The minimum absolute atomic E-state index is 0.162. The molecule has 41 valence electrons. The number of aliphatic hydroxyl groups excluding tert-OH is 1. The van der Waals surface area contributed by atoms with Crippen molar-refractivity contribution in [1.82, 2.24) is 0 Å². The van der Waals surface area contributed by atoms with Crippen LogP contribution in [0.15, 0.2) is 11.6 Å². The summed E-state index contributed by atoms with van der Waals surface area (Å²) in [5.41, 5.74) is 0.995. The number of aliphatic hydroxyl groups is 1. The monoisotopic (exact) mass is 99.1 g/mol. The summed E-state index contributed by atoms with van der Waals surface area (Å²) < 4.78 is 0. The molecule has 0 aromatic heterocycles. The van der Waals surface area contributed by atoms with Crippen LogP contribution in [-0.2, 0) is 0 Å². The average molecular weight is 99.2 g/mol. The summed E-state index contributed by atoms with van der Waals surface area (Å²) in [5, 5.41) is 8.37. The van der Waals surface area contributed by atoms with Gasteiger partial charge < -0.3 is 5.11 Å². The van der Waals surface area contributed by atoms with Gasteiger partial charge in [0.2, 0.25) is 0 Å². The van der Waals surface area contributed by atoms with Gasteiger partial charge in [-0.05, 0) is 20.3 Å². The topological polar surface area (TPSA) is 20.2 Å². The second-order valence-electron chi connectivity index (χ2n) is 1.50. The molecule has 0 unspecified atom stereocenters. The molecule has 0 rings (SSSR count). The molecule has 1 heteroatoms. The summed E-state index contributed by atoms with van der Waals surface area (Å²) in [6.45, 7) is 5.63. The van der Waals surface area contributed by atoms with Gasteiger partial charge in [0.25, 0.3) is 0 Å². The number of allylic oxidation sites excluding steroid dienone is 1. The average Bonchev–Trinajstić information content (AvgIpc) is 1.68. The Morgan fingerprint density at radius 1 is 1.86 bits per heavy atom. The Kier molecular flexibility index (Phi) is 3.71. The highest BCUT2D eigenvalue weighted by atomic mass is 16.3. The smallest absolute Gasteiger partial charge is 0.0639 e. The molecular weight excluding hydrogens is 88.1 g/mol. The van der Waals surface area contributed by atoms with Crippen molar-refractivity contribution < 1.29 is 5.11 Å².